The summed E-state index contributed by atoms with van der Waals surface area (Å²) < 4.78 is 42.1. The minimum Gasteiger partial charge on any atom is -0.406 e. The molecule has 0 spiro atoms. The summed E-state index contributed by atoms with van der Waals surface area (Å²) in [5, 5.41) is 8.69. The van der Waals surface area contributed by atoms with Crippen molar-refractivity contribution in [3.8, 4) is 11.4 Å². The standard InChI is InChI=1S/C16H12F3N3OS/c17-16(18,19)23-14-8-6-12(7-9-14)10-24-15-21-20-11-22(15)13-4-2-1-3-5-13/h1-9,11H,10H2. The SMILES string of the molecule is FC(F)(F)Oc1ccc(CSc2nncn2-c2ccccc2)cc1. The van der Waals surface area contributed by atoms with Crippen molar-refractivity contribution in [3.63, 3.8) is 0 Å². The van der Waals surface area contributed by atoms with E-state index in [-0.39, 0.29) is 5.75 Å². The summed E-state index contributed by atoms with van der Waals surface area (Å²) in [5.41, 5.74) is 1.80. The van der Waals surface area contributed by atoms with Crippen LogP contribution in [-0.2, 0) is 5.75 Å². The Morgan fingerprint density at radius 2 is 1.71 bits per heavy atom. The normalized spacial score (nSPS) is 11.5. The molecule has 0 aliphatic heterocycles. The number of ether oxygens (including phenoxy) is 1. The average molecular weight is 351 g/mol. The molecule has 0 saturated heterocycles. The first-order chi connectivity index (χ1) is 11.5. The Hall–Kier alpha value is -2.48. The lowest BCUT2D eigenvalue weighted by Crippen LogP contribution is -2.16. The van der Waals surface area contributed by atoms with E-state index in [1.807, 2.05) is 34.9 Å². The molecule has 3 aromatic rings. The third kappa shape index (κ3) is 4.29. The van der Waals surface area contributed by atoms with Crippen LogP contribution in [0.1, 0.15) is 5.56 Å². The summed E-state index contributed by atoms with van der Waals surface area (Å²) >= 11 is 1.45. The number of hydrogen-bond acceptors (Lipinski definition) is 4. The van der Waals surface area contributed by atoms with Gasteiger partial charge in [-0.15, -0.1) is 23.4 Å². The van der Waals surface area contributed by atoms with Gasteiger partial charge < -0.3 is 4.74 Å². The Kier molecular flexibility index (Phi) is 4.75. The van der Waals surface area contributed by atoms with Gasteiger partial charge in [-0.3, -0.25) is 4.57 Å². The van der Waals surface area contributed by atoms with Crippen LogP contribution in [0.3, 0.4) is 0 Å². The molecule has 1 heterocycles. The highest BCUT2D eigenvalue weighted by atomic mass is 32.2. The molecule has 0 unspecified atom stereocenters. The fraction of sp³-hybridized carbons (Fsp3) is 0.125. The fourth-order valence-corrected chi connectivity index (χ4v) is 2.91. The predicted molar refractivity (Wildman–Crippen MR) is 84.0 cm³/mol. The van der Waals surface area contributed by atoms with Gasteiger partial charge in [0.15, 0.2) is 5.16 Å². The third-order valence-corrected chi connectivity index (χ3v) is 4.09. The minimum atomic E-state index is -4.68. The number of halogens is 3. The van der Waals surface area contributed by atoms with Crippen molar-refractivity contribution < 1.29 is 17.9 Å². The van der Waals surface area contributed by atoms with Crippen LogP contribution in [0.2, 0.25) is 0 Å². The third-order valence-electron chi connectivity index (χ3n) is 3.08. The molecule has 8 heteroatoms. The van der Waals surface area contributed by atoms with Gasteiger partial charge in [-0.05, 0) is 29.8 Å². The number of alkyl halides is 3. The van der Waals surface area contributed by atoms with Crippen LogP contribution in [0.25, 0.3) is 5.69 Å². The summed E-state index contributed by atoms with van der Waals surface area (Å²) in [7, 11) is 0. The van der Waals surface area contributed by atoms with E-state index in [1.165, 1.54) is 23.9 Å². The highest BCUT2D eigenvalue weighted by Gasteiger charge is 2.30. The van der Waals surface area contributed by atoms with Gasteiger partial charge in [-0.25, -0.2) is 0 Å². The second-order valence-electron chi connectivity index (χ2n) is 4.80. The van der Waals surface area contributed by atoms with Gasteiger partial charge in [-0.1, -0.05) is 42.1 Å². The Labute approximate surface area is 140 Å². The molecule has 2 aromatic carbocycles. The lowest BCUT2D eigenvalue weighted by atomic mass is 10.2. The van der Waals surface area contributed by atoms with E-state index in [0.717, 1.165) is 11.3 Å². The fourth-order valence-electron chi connectivity index (χ4n) is 2.02. The first-order valence-corrected chi connectivity index (χ1v) is 7.93. The predicted octanol–water partition coefficient (Wildman–Crippen LogP) is 4.46. The molecule has 0 atom stereocenters. The molecule has 0 bridgehead atoms. The molecular weight excluding hydrogens is 339 g/mol. The Balaban J connectivity index is 1.66. The van der Waals surface area contributed by atoms with Crippen LogP contribution in [0.4, 0.5) is 13.2 Å². The molecule has 0 aliphatic carbocycles. The van der Waals surface area contributed by atoms with E-state index in [1.54, 1.807) is 18.5 Å². The molecule has 4 nitrogen and oxygen atoms in total. The minimum absolute atomic E-state index is 0.233. The highest BCUT2D eigenvalue weighted by Crippen LogP contribution is 2.26. The molecule has 124 valence electrons. The maximum Gasteiger partial charge on any atom is 0.573 e. The van der Waals surface area contributed by atoms with Crippen molar-refractivity contribution in [2.75, 3.05) is 0 Å². The molecule has 0 saturated carbocycles. The van der Waals surface area contributed by atoms with Crippen molar-refractivity contribution in [1.82, 2.24) is 14.8 Å². The summed E-state index contributed by atoms with van der Waals surface area (Å²) in [4.78, 5) is 0. The Morgan fingerprint density at radius 3 is 2.38 bits per heavy atom. The van der Waals surface area contributed by atoms with Crippen molar-refractivity contribution in [2.45, 2.75) is 17.3 Å². The highest BCUT2D eigenvalue weighted by molar-refractivity contribution is 7.98. The van der Waals surface area contributed by atoms with Gasteiger partial charge in [0.2, 0.25) is 0 Å². The number of hydrogen-bond donors (Lipinski definition) is 0. The molecular formula is C16H12F3N3OS. The average Bonchev–Trinajstić information content (AvgIpc) is 3.02. The van der Waals surface area contributed by atoms with Crippen molar-refractivity contribution in [2.24, 2.45) is 0 Å². The maximum atomic E-state index is 12.1. The molecule has 0 N–H and O–H groups in total. The molecule has 1 aromatic heterocycles. The van der Waals surface area contributed by atoms with E-state index >= 15 is 0 Å². The van der Waals surface area contributed by atoms with Crippen LogP contribution >= 0.6 is 11.8 Å². The lowest BCUT2D eigenvalue weighted by Gasteiger charge is -2.09. The maximum absolute atomic E-state index is 12.1. The number of aromatic nitrogens is 3. The molecule has 24 heavy (non-hydrogen) atoms. The number of benzene rings is 2. The van der Waals surface area contributed by atoms with Crippen molar-refractivity contribution in [3.05, 3.63) is 66.5 Å². The van der Waals surface area contributed by atoms with Gasteiger partial charge in [0.25, 0.3) is 0 Å². The zero-order valence-corrected chi connectivity index (χ0v) is 13.1. The van der Waals surface area contributed by atoms with E-state index < -0.39 is 6.36 Å². The first-order valence-electron chi connectivity index (χ1n) is 6.94. The van der Waals surface area contributed by atoms with Gasteiger partial charge in [0, 0.05) is 11.4 Å². The smallest absolute Gasteiger partial charge is 0.406 e. The second kappa shape index (κ2) is 6.96. The first kappa shape index (κ1) is 16.4. The van der Waals surface area contributed by atoms with Crippen LogP contribution in [0.5, 0.6) is 5.75 Å². The summed E-state index contributed by atoms with van der Waals surface area (Å²) in [6, 6.07) is 15.4. The van der Waals surface area contributed by atoms with Crippen LogP contribution in [-0.4, -0.2) is 21.1 Å². The Morgan fingerprint density at radius 1 is 1.00 bits per heavy atom. The van der Waals surface area contributed by atoms with E-state index in [4.69, 9.17) is 0 Å². The van der Waals surface area contributed by atoms with Crippen molar-refractivity contribution in [1.29, 1.82) is 0 Å². The Bertz CT molecular complexity index is 788. The zero-order valence-electron chi connectivity index (χ0n) is 12.3. The number of nitrogens with zero attached hydrogens (tertiary/aromatic N) is 3. The topological polar surface area (TPSA) is 39.9 Å². The summed E-state index contributed by atoms with van der Waals surface area (Å²) in [5.74, 6) is 0.321. The van der Waals surface area contributed by atoms with E-state index in [0.29, 0.717) is 10.9 Å². The largest absolute Gasteiger partial charge is 0.573 e. The molecule has 0 amide bonds. The van der Waals surface area contributed by atoms with Crippen molar-refractivity contribution >= 4 is 11.8 Å². The number of thioether (sulfide) groups is 1. The molecule has 3 rings (SSSR count). The lowest BCUT2D eigenvalue weighted by molar-refractivity contribution is -0.274. The zero-order chi connectivity index (χ0) is 17.0. The second-order valence-corrected chi connectivity index (χ2v) is 5.74. The monoisotopic (exact) mass is 351 g/mol. The quantitative estimate of drug-likeness (QED) is 0.637. The van der Waals surface area contributed by atoms with Gasteiger partial charge in [0.05, 0.1) is 0 Å². The van der Waals surface area contributed by atoms with E-state index in [9.17, 15) is 13.2 Å². The van der Waals surface area contributed by atoms with Gasteiger partial charge in [0.1, 0.15) is 12.1 Å². The van der Waals surface area contributed by atoms with Crippen LogP contribution < -0.4 is 4.74 Å². The molecule has 0 fully saturated rings. The summed E-state index contributed by atoms with van der Waals surface area (Å²) in [6.07, 6.45) is -3.06. The van der Waals surface area contributed by atoms with Crippen LogP contribution in [0.15, 0.2) is 66.1 Å². The van der Waals surface area contributed by atoms with Crippen LogP contribution in [0, 0.1) is 0 Å². The summed E-state index contributed by atoms with van der Waals surface area (Å²) in [6.45, 7) is 0. The van der Waals surface area contributed by atoms with E-state index in [2.05, 4.69) is 14.9 Å². The number of rotatable bonds is 5. The van der Waals surface area contributed by atoms with Gasteiger partial charge >= 0.3 is 6.36 Å². The number of para-hydroxylation sites is 1. The molecule has 0 aliphatic rings. The van der Waals surface area contributed by atoms with Gasteiger partial charge in [-0.2, -0.15) is 0 Å². The molecule has 0 radical (unpaired) electrons.